The van der Waals surface area contributed by atoms with Gasteiger partial charge in [-0.25, -0.2) is 0 Å². The van der Waals surface area contributed by atoms with Gasteiger partial charge in [0.05, 0.1) is 0 Å². The molecule has 86 valence electrons. The number of carbonyl (C=O) groups is 1. The molecule has 0 fully saturated rings. The van der Waals surface area contributed by atoms with Gasteiger partial charge in [0, 0.05) is 22.5 Å². The van der Waals surface area contributed by atoms with Crippen LogP contribution in [-0.2, 0) is 19.3 Å². The van der Waals surface area contributed by atoms with Crippen molar-refractivity contribution >= 4 is 20.7 Å². The van der Waals surface area contributed by atoms with Gasteiger partial charge in [0.25, 0.3) is 4.82 Å². The van der Waals surface area contributed by atoms with E-state index in [1.807, 2.05) is 0 Å². The highest BCUT2D eigenvalue weighted by atomic mass is 79.9. The lowest BCUT2D eigenvalue weighted by atomic mass is 9.90. The third-order valence-electron chi connectivity index (χ3n) is 3.09. The van der Waals surface area contributed by atoms with Gasteiger partial charge in [0.15, 0.2) is 0 Å². The lowest BCUT2D eigenvalue weighted by molar-refractivity contribution is 0.262. The molecule has 0 aliphatic heterocycles. The molecule has 0 heterocycles. The van der Waals surface area contributed by atoms with E-state index < -0.39 is 0 Å². The minimum atomic E-state index is -0.134. The number of hydrogen-bond acceptors (Lipinski definition) is 1. The van der Waals surface area contributed by atoms with Gasteiger partial charge >= 0.3 is 0 Å². The summed E-state index contributed by atoms with van der Waals surface area (Å²) in [5.41, 5.74) is 4.34. The normalized spacial score (nSPS) is 14.3. The third kappa shape index (κ3) is 3.08. The summed E-state index contributed by atoms with van der Waals surface area (Å²) in [6.45, 7) is 0.697. The van der Waals surface area contributed by atoms with Crippen LogP contribution in [0.3, 0.4) is 0 Å². The molecule has 1 aromatic carbocycles. The van der Waals surface area contributed by atoms with E-state index in [4.69, 9.17) is 0 Å². The van der Waals surface area contributed by atoms with Crippen LogP contribution in [0.4, 0.5) is 4.79 Å². The molecule has 16 heavy (non-hydrogen) atoms. The van der Waals surface area contributed by atoms with Crippen molar-refractivity contribution in [3.05, 3.63) is 34.9 Å². The molecule has 3 heteroatoms. The predicted molar refractivity (Wildman–Crippen MR) is 69.1 cm³/mol. The second-order valence-corrected chi connectivity index (χ2v) is 4.98. The van der Waals surface area contributed by atoms with E-state index in [1.165, 1.54) is 42.4 Å². The first-order valence-electron chi connectivity index (χ1n) is 5.80. The van der Waals surface area contributed by atoms with Crippen molar-refractivity contribution in [3.8, 4) is 0 Å². The number of hydrogen-bond donors (Lipinski definition) is 1. The first kappa shape index (κ1) is 11.6. The molecule has 1 N–H and O–H groups in total. The maximum absolute atomic E-state index is 10.7. The zero-order valence-electron chi connectivity index (χ0n) is 9.26. The Labute approximate surface area is 105 Å². The zero-order chi connectivity index (χ0) is 11.4. The number of nitrogens with one attached hydrogen (secondary N) is 1. The molecule has 0 saturated carbocycles. The van der Waals surface area contributed by atoms with E-state index in [0.717, 1.165) is 6.42 Å². The average Bonchev–Trinajstić information content (AvgIpc) is 2.28. The summed E-state index contributed by atoms with van der Waals surface area (Å²) in [6.07, 6.45) is 5.99. The van der Waals surface area contributed by atoms with Crippen molar-refractivity contribution < 1.29 is 4.79 Å². The van der Waals surface area contributed by atoms with Gasteiger partial charge in [0.2, 0.25) is 0 Å². The fraction of sp³-hybridized carbons (Fsp3) is 0.462. The average molecular weight is 282 g/mol. The van der Waals surface area contributed by atoms with Crippen molar-refractivity contribution in [1.82, 2.24) is 5.32 Å². The van der Waals surface area contributed by atoms with Crippen molar-refractivity contribution in [1.29, 1.82) is 0 Å². The second kappa shape index (κ2) is 5.48. The number of benzene rings is 1. The molecular weight excluding hydrogens is 266 g/mol. The summed E-state index contributed by atoms with van der Waals surface area (Å²) in [5, 5.41) is 2.75. The summed E-state index contributed by atoms with van der Waals surface area (Å²) in [7, 11) is 0. The van der Waals surface area contributed by atoms with E-state index in [9.17, 15) is 4.79 Å². The highest BCUT2D eigenvalue weighted by Gasteiger charge is 2.09. The number of fused-ring (bicyclic) bond motifs is 1. The highest BCUT2D eigenvalue weighted by Crippen LogP contribution is 2.22. The fourth-order valence-corrected chi connectivity index (χ4v) is 2.45. The van der Waals surface area contributed by atoms with Crippen molar-refractivity contribution in [2.45, 2.75) is 32.1 Å². The Morgan fingerprint density at radius 2 is 2.00 bits per heavy atom. The summed E-state index contributed by atoms with van der Waals surface area (Å²) >= 11 is 2.86. The zero-order valence-corrected chi connectivity index (χ0v) is 10.8. The molecule has 0 bridgehead atoms. The van der Waals surface area contributed by atoms with E-state index in [1.54, 1.807) is 0 Å². The largest absolute Gasteiger partial charge is 0.346 e. The van der Waals surface area contributed by atoms with Crippen molar-refractivity contribution in [3.63, 3.8) is 0 Å². The van der Waals surface area contributed by atoms with E-state index in [-0.39, 0.29) is 4.82 Å². The van der Waals surface area contributed by atoms with Gasteiger partial charge in [-0.15, -0.1) is 0 Å². The summed E-state index contributed by atoms with van der Waals surface area (Å²) in [4.78, 5) is 10.5. The Balaban J connectivity index is 1.97. The highest BCUT2D eigenvalue weighted by molar-refractivity contribution is 9.18. The van der Waals surface area contributed by atoms with E-state index in [0.29, 0.717) is 6.54 Å². The summed E-state index contributed by atoms with van der Waals surface area (Å²) < 4.78 is 0. The second-order valence-electron chi connectivity index (χ2n) is 4.26. The van der Waals surface area contributed by atoms with Crippen molar-refractivity contribution in [2.24, 2.45) is 0 Å². The van der Waals surface area contributed by atoms with Crippen LogP contribution in [0.1, 0.15) is 29.5 Å². The maximum Gasteiger partial charge on any atom is 0.287 e. The quantitative estimate of drug-likeness (QED) is 0.669. The van der Waals surface area contributed by atoms with Gasteiger partial charge in [-0.3, -0.25) is 4.79 Å². The molecule has 0 unspecified atom stereocenters. The summed E-state index contributed by atoms with van der Waals surface area (Å²) in [5.74, 6) is 0. The number of amides is 1. The van der Waals surface area contributed by atoms with Crippen LogP contribution in [0, 0.1) is 0 Å². The van der Waals surface area contributed by atoms with Crippen LogP contribution >= 0.6 is 15.9 Å². The molecule has 2 rings (SSSR count). The van der Waals surface area contributed by atoms with Crippen LogP contribution in [0.5, 0.6) is 0 Å². The lowest BCUT2D eigenvalue weighted by Crippen LogP contribution is -2.19. The minimum absolute atomic E-state index is 0.134. The fourth-order valence-electron chi connectivity index (χ4n) is 2.25. The Morgan fingerprint density at radius 3 is 2.75 bits per heavy atom. The molecule has 2 nitrogen and oxygen atoms in total. The Bertz CT molecular complexity index is 390. The monoisotopic (exact) mass is 281 g/mol. The molecule has 1 amide bonds. The number of rotatable bonds is 3. The van der Waals surface area contributed by atoms with Gasteiger partial charge in [-0.1, -0.05) is 18.2 Å². The first-order valence-corrected chi connectivity index (χ1v) is 6.59. The van der Waals surface area contributed by atoms with Crippen LogP contribution in [-0.4, -0.2) is 11.4 Å². The van der Waals surface area contributed by atoms with Crippen LogP contribution in [0.25, 0.3) is 0 Å². The molecular formula is C13H16BrNO. The molecule has 0 spiro atoms. The summed E-state index contributed by atoms with van der Waals surface area (Å²) in [6, 6.07) is 6.74. The third-order valence-corrected chi connectivity index (χ3v) is 3.37. The topological polar surface area (TPSA) is 29.1 Å². The molecule has 0 saturated heterocycles. The Hall–Kier alpha value is -0.830. The standard InChI is InChI=1S/C13H16BrNO/c14-13(16)15-8-7-10-5-6-11-3-1-2-4-12(11)9-10/h5-6,9H,1-4,7-8H2,(H,15,16). The molecule has 1 aliphatic carbocycles. The smallest absolute Gasteiger partial charge is 0.287 e. The molecule has 0 aromatic heterocycles. The molecule has 1 aromatic rings. The van der Waals surface area contributed by atoms with Crippen LogP contribution in [0.2, 0.25) is 0 Å². The predicted octanol–water partition coefficient (Wildman–Crippen LogP) is 3.21. The van der Waals surface area contributed by atoms with Crippen molar-refractivity contribution in [2.75, 3.05) is 6.54 Å². The van der Waals surface area contributed by atoms with Gasteiger partial charge in [-0.2, -0.15) is 0 Å². The van der Waals surface area contributed by atoms with E-state index >= 15 is 0 Å². The Kier molecular flexibility index (Phi) is 3.99. The van der Waals surface area contributed by atoms with Gasteiger partial charge in [0.1, 0.15) is 0 Å². The first-order chi connectivity index (χ1) is 7.75. The minimum Gasteiger partial charge on any atom is -0.346 e. The van der Waals surface area contributed by atoms with Crippen LogP contribution in [0.15, 0.2) is 18.2 Å². The van der Waals surface area contributed by atoms with Crippen LogP contribution < -0.4 is 5.32 Å². The van der Waals surface area contributed by atoms with E-state index in [2.05, 4.69) is 39.4 Å². The molecule has 0 atom stereocenters. The number of aryl methyl sites for hydroxylation is 2. The molecule has 1 aliphatic rings. The van der Waals surface area contributed by atoms with Gasteiger partial charge < -0.3 is 5.32 Å². The number of halogens is 1. The lowest BCUT2D eigenvalue weighted by Gasteiger charge is -2.16. The number of carbonyl (C=O) groups excluding carboxylic acids is 1. The Morgan fingerprint density at radius 1 is 1.25 bits per heavy atom. The SMILES string of the molecule is O=C(Br)NCCc1ccc2c(c1)CCCC2. The van der Waals surface area contributed by atoms with Gasteiger partial charge in [-0.05, 0) is 48.8 Å². The molecule has 0 radical (unpaired) electrons. The maximum atomic E-state index is 10.7.